The molecule has 0 saturated heterocycles. The molecule has 1 aromatic carbocycles. The number of carboxylic acids is 1. The summed E-state index contributed by atoms with van der Waals surface area (Å²) in [6, 6.07) is 6.59. The summed E-state index contributed by atoms with van der Waals surface area (Å²) < 4.78 is 5.21. The summed E-state index contributed by atoms with van der Waals surface area (Å²) in [7, 11) is 0. The number of aromatic amines is 1. The summed E-state index contributed by atoms with van der Waals surface area (Å²) in [4.78, 5) is 27.3. The molecule has 6 nitrogen and oxygen atoms in total. The van der Waals surface area contributed by atoms with Crippen LogP contribution in [0.2, 0.25) is 0 Å². The van der Waals surface area contributed by atoms with Crippen LogP contribution in [0.4, 0.5) is 4.79 Å². The number of alkyl carbamates (subject to hydrolysis) is 1. The monoisotopic (exact) mass is 372 g/mol. The van der Waals surface area contributed by atoms with Crippen molar-refractivity contribution in [2.45, 2.75) is 58.1 Å². The van der Waals surface area contributed by atoms with Crippen molar-refractivity contribution in [1.29, 1.82) is 0 Å². The highest BCUT2D eigenvalue weighted by Crippen LogP contribution is 2.33. The average molecular weight is 372 g/mol. The Hall–Kier alpha value is -2.76. The summed E-state index contributed by atoms with van der Waals surface area (Å²) >= 11 is 0. The van der Waals surface area contributed by atoms with Crippen LogP contribution < -0.4 is 5.32 Å². The van der Waals surface area contributed by atoms with Crippen LogP contribution in [0.15, 0.2) is 36.9 Å². The van der Waals surface area contributed by atoms with E-state index in [1.165, 1.54) is 0 Å². The van der Waals surface area contributed by atoms with E-state index in [9.17, 15) is 14.7 Å². The highest BCUT2D eigenvalue weighted by Gasteiger charge is 2.30. The normalized spacial score (nSPS) is 13.2. The molecule has 0 bridgehead atoms. The predicted octanol–water partition coefficient (Wildman–Crippen LogP) is 4.15. The molecule has 6 heteroatoms. The maximum atomic E-state index is 12.1. The molecule has 1 unspecified atom stereocenters. The number of hydrogen-bond donors (Lipinski definition) is 3. The minimum absolute atomic E-state index is 0.130. The van der Waals surface area contributed by atoms with Gasteiger partial charge in [0.2, 0.25) is 0 Å². The van der Waals surface area contributed by atoms with Crippen LogP contribution in [0.25, 0.3) is 10.9 Å². The molecule has 0 aliphatic carbocycles. The highest BCUT2D eigenvalue weighted by molar-refractivity contribution is 5.87. The van der Waals surface area contributed by atoms with Gasteiger partial charge in [0.15, 0.2) is 0 Å². The molecule has 0 fully saturated rings. The van der Waals surface area contributed by atoms with Crippen molar-refractivity contribution in [2.75, 3.05) is 0 Å². The van der Waals surface area contributed by atoms with Gasteiger partial charge in [-0.3, -0.25) is 0 Å². The first-order chi connectivity index (χ1) is 12.4. The Morgan fingerprint density at radius 1 is 1.26 bits per heavy atom. The number of hydrogen-bond acceptors (Lipinski definition) is 3. The van der Waals surface area contributed by atoms with Crippen molar-refractivity contribution in [3.63, 3.8) is 0 Å². The van der Waals surface area contributed by atoms with Gasteiger partial charge >= 0.3 is 12.1 Å². The molecular formula is C21H28N2O4. The Morgan fingerprint density at radius 3 is 2.44 bits per heavy atom. The van der Waals surface area contributed by atoms with E-state index in [2.05, 4.69) is 16.9 Å². The van der Waals surface area contributed by atoms with Gasteiger partial charge in [-0.1, -0.05) is 38.1 Å². The number of nitrogens with one attached hydrogen (secondary N) is 2. The Kier molecular flexibility index (Phi) is 5.68. The second-order valence-corrected chi connectivity index (χ2v) is 8.19. The third-order valence-corrected chi connectivity index (χ3v) is 4.37. The van der Waals surface area contributed by atoms with Crippen LogP contribution >= 0.6 is 0 Å². The van der Waals surface area contributed by atoms with E-state index < -0.39 is 23.7 Å². The number of carboxylic acid groups (broad SMARTS) is 1. The van der Waals surface area contributed by atoms with E-state index in [4.69, 9.17) is 4.74 Å². The number of fused-ring (bicyclic) bond motifs is 1. The molecule has 1 amide bonds. The average Bonchev–Trinajstić information content (AvgIpc) is 2.92. The first kappa shape index (κ1) is 20.6. The molecule has 0 radical (unpaired) electrons. The number of allylic oxidation sites excluding steroid dienone is 1. The molecule has 1 aromatic heterocycles. The largest absolute Gasteiger partial charge is 0.480 e. The van der Waals surface area contributed by atoms with Crippen molar-refractivity contribution in [2.24, 2.45) is 0 Å². The van der Waals surface area contributed by atoms with Crippen LogP contribution in [0, 0.1) is 0 Å². The Morgan fingerprint density at radius 2 is 1.89 bits per heavy atom. The van der Waals surface area contributed by atoms with E-state index in [-0.39, 0.29) is 11.8 Å². The van der Waals surface area contributed by atoms with E-state index in [1.54, 1.807) is 20.8 Å². The van der Waals surface area contributed by atoms with Gasteiger partial charge in [0, 0.05) is 28.4 Å². The maximum absolute atomic E-state index is 12.1. The Balaban J connectivity index is 2.41. The van der Waals surface area contributed by atoms with Crippen molar-refractivity contribution in [3.8, 4) is 0 Å². The highest BCUT2D eigenvalue weighted by atomic mass is 16.6. The second kappa shape index (κ2) is 7.47. The quantitative estimate of drug-likeness (QED) is 0.664. The van der Waals surface area contributed by atoms with E-state index in [0.29, 0.717) is 0 Å². The lowest BCUT2D eigenvalue weighted by molar-refractivity contribution is -0.139. The lowest BCUT2D eigenvalue weighted by Crippen LogP contribution is -2.44. The predicted molar refractivity (Wildman–Crippen MR) is 106 cm³/mol. The molecule has 3 N–H and O–H groups in total. The van der Waals surface area contributed by atoms with Gasteiger partial charge in [0.05, 0.1) is 0 Å². The fraction of sp³-hybridized carbons (Fsp3) is 0.429. The summed E-state index contributed by atoms with van der Waals surface area (Å²) in [6.07, 6.45) is 1.20. The third-order valence-electron chi connectivity index (χ3n) is 4.37. The molecule has 2 aromatic rings. The fourth-order valence-electron chi connectivity index (χ4n) is 2.92. The number of rotatable bonds is 6. The van der Waals surface area contributed by atoms with E-state index in [0.717, 1.165) is 22.2 Å². The number of ether oxygens (including phenoxy) is 1. The number of H-pyrrole nitrogens is 1. The molecule has 0 aliphatic heterocycles. The zero-order chi connectivity index (χ0) is 20.4. The molecule has 1 atom stereocenters. The second-order valence-electron chi connectivity index (χ2n) is 8.19. The Labute approximate surface area is 159 Å². The summed E-state index contributed by atoms with van der Waals surface area (Å²) in [6.45, 7) is 13.1. The molecule has 0 spiro atoms. The molecule has 27 heavy (non-hydrogen) atoms. The molecule has 0 saturated carbocycles. The zero-order valence-corrected chi connectivity index (χ0v) is 16.6. The smallest absolute Gasteiger partial charge is 0.408 e. The van der Waals surface area contributed by atoms with Crippen molar-refractivity contribution < 1.29 is 19.4 Å². The lowest BCUT2D eigenvalue weighted by Gasteiger charge is -2.24. The van der Waals surface area contributed by atoms with Gasteiger partial charge < -0.3 is 20.1 Å². The van der Waals surface area contributed by atoms with Crippen molar-refractivity contribution >= 4 is 23.0 Å². The number of amides is 1. The van der Waals surface area contributed by atoms with Crippen LogP contribution in [-0.4, -0.2) is 33.8 Å². The fourth-order valence-corrected chi connectivity index (χ4v) is 2.92. The number of aliphatic carboxylic acids is 1. The van der Waals surface area contributed by atoms with Crippen LogP contribution in [0.1, 0.15) is 45.9 Å². The van der Waals surface area contributed by atoms with Gasteiger partial charge in [0.1, 0.15) is 11.6 Å². The van der Waals surface area contributed by atoms with Gasteiger partial charge in [-0.25, -0.2) is 9.59 Å². The molecule has 146 valence electrons. The van der Waals surface area contributed by atoms with Crippen LogP contribution in [0.5, 0.6) is 0 Å². The molecule has 0 aliphatic rings. The first-order valence-electron chi connectivity index (χ1n) is 8.90. The van der Waals surface area contributed by atoms with Gasteiger partial charge in [-0.05, 0) is 32.4 Å². The first-order valence-corrected chi connectivity index (χ1v) is 8.90. The maximum Gasteiger partial charge on any atom is 0.408 e. The lowest BCUT2D eigenvalue weighted by atomic mass is 9.85. The van der Waals surface area contributed by atoms with Crippen LogP contribution in [-0.2, 0) is 21.4 Å². The third kappa shape index (κ3) is 4.90. The molecule has 1 heterocycles. The summed E-state index contributed by atoms with van der Waals surface area (Å²) in [5, 5.41) is 13.0. The number of carbonyl (C=O) groups is 2. The van der Waals surface area contributed by atoms with E-state index in [1.807, 2.05) is 44.2 Å². The number of para-hydroxylation sites is 1. The minimum Gasteiger partial charge on any atom is -0.480 e. The minimum atomic E-state index is -1.12. The standard InChI is InChI=1S/C21H28N2O4/c1-7-21(5,6)17-14(13-10-8-9-11-15(13)22-17)12-16(18(24)25)23-19(26)27-20(2,3)4/h7-11,16,22H,1,12H2,2-6H3,(H,23,26)(H,24,25). The number of benzene rings is 1. The van der Waals surface area contributed by atoms with Gasteiger partial charge in [0.25, 0.3) is 0 Å². The van der Waals surface area contributed by atoms with E-state index >= 15 is 0 Å². The van der Waals surface area contributed by atoms with Crippen LogP contribution in [0.3, 0.4) is 0 Å². The van der Waals surface area contributed by atoms with Gasteiger partial charge in [-0.2, -0.15) is 0 Å². The summed E-state index contributed by atoms with van der Waals surface area (Å²) in [5.41, 5.74) is 1.56. The molecule has 2 rings (SSSR count). The zero-order valence-electron chi connectivity index (χ0n) is 16.6. The Bertz CT molecular complexity index is 859. The topological polar surface area (TPSA) is 91.4 Å². The summed E-state index contributed by atoms with van der Waals surface area (Å²) in [5.74, 6) is -1.12. The molecular weight excluding hydrogens is 344 g/mol. The van der Waals surface area contributed by atoms with Crippen molar-refractivity contribution in [1.82, 2.24) is 10.3 Å². The SMILES string of the molecule is C=CC(C)(C)c1[nH]c2ccccc2c1CC(NC(=O)OC(C)(C)C)C(=O)O. The van der Waals surface area contributed by atoms with Gasteiger partial charge in [-0.15, -0.1) is 6.58 Å². The number of carbonyl (C=O) groups excluding carboxylic acids is 1. The number of aromatic nitrogens is 1. The van der Waals surface area contributed by atoms with Crippen molar-refractivity contribution in [3.05, 3.63) is 48.2 Å².